The van der Waals surface area contributed by atoms with E-state index in [0.29, 0.717) is 12.1 Å². The third-order valence-corrected chi connectivity index (χ3v) is 3.58. The molecule has 2 heterocycles. The summed E-state index contributed by atoms with van der Waals surface area (Å²) in [7, 11) is 1.89. The lowest BCUT2D eigenvalue weighted by molar-refractivity contribution is 0.617. The maximum atomic E-state index is 13.2. The highest BCUT2D eigenvalue weighted by molar-refractivity contribution is 5.81. The molecule has 0 aliphatic rings. The van der Waals surface area contributed by atoms with Crippen LogP contribution in [0, 0.1) is 19.7 Å². The average molecular weight is 284 g/mol. The zero-order chi connectivity index (χ0) is 15.0. The highest BCUT2D eigenvalue weighted by Crippen LogP contribution is 2.20. The molecule has 4 nitrogen and oxygen atoms in total. The summed E-state index contributed by atoms with van der Waals surface area (Å²) in [6.07, 6.45) is 1.79. The third-order valence-electron chi connectivity index (χ3n) is 3.58. The van der Waals surface area contributed by atoms with E-state index in [1.807, 2.05) is 26.1 Å². The number of nitrogens with one attached hydrogen (secondary N) is 1. The van der Waals surface area contributed by atoms with Crippen LogP contribution in [0.25, 0.3) is 11.0 Å². The molecule has 0 aliphatic carbocycles. The molecule has 0 amide bonds. The predicted molar refractivity (Wildman–Crippen MR) is 81.7 cm³/mol. The molecule has 0 bridgehead atoms. The second kappa shape index (κ2) is 5.16. The molecule has 0 radical (unpaired) electrons. The van der Waals surface area contributed by atoms with Gasteiger partial charge in [0.25, 0.3) is 0 Å². The Kier molecular flexibility index (Phi) is 3.33. The lowest BCUT2D eigenvalue weighted by Gasteiger charge is -2.07. The van der Waals surface area contributed by atoms with Crippen LogP contribution in [0.1, 0.15) is 16.8 Å². The van der Waals surface area contributed by atoms with Crippen molar-refractivity contribution in [3.8, 4) is 0 Å². The molecule has 0 saturated carbocycles. The van der Waals surface area contributed by atoms with Gasteiger partial charge in [0.1, 0.15) is 5.82 Å². The first-order valence-electron chi connectivity index (χ1n) is 6.83. The van der Waals surface area contributed by atoms with Crippen molar-refractivity contribution in [2.24, 2.45) is 7.05 Å². The maximum Gasteiger partial charge on any atom is 0.157 e. The van der Waals surface area contributed by atoms with Crippen LogP contribution in [0.5, 0.6) is 0 Å². The molecule has 2 aromatic heterocycles. The van der Waals surface area contributed by atoms with Crippen molar-refractivity contribution in [3.05, 3.63) is 53.1 Å². The van der Waals surface area contributed by atoms with Gasteiger partial charge in [-0.15, -0.1) is 0 Å². The van der Waals surface area contributed by atoms with Crippen LogP contribution >= 0.6 is 0 Å². The molecule has 0 aliphatic heterocycles. The highest BCUT2D eigenvalue weighted by Gasteiger charge is 2.07. The normalized spacial score (nSPS) is 11.0. The van der Waals surface area contributed by atoms with Crippen LogP contribution in [0.4, 0.5) is 10.1 Å². The number of hydrogen-bond acceptors (Lipinski definition) is 3. The molecule has 21 heavy (non-hydrogen) atoms. The van der Waals surface area contributed by atoms with E-state index in [1.54, 1.807) is 23.9 Å². The second-order valence-corrected chi connectivity index (χ2v) is 5.24. The summed E-state index contributed by atoms with van der Waals surface area (Å²) in [6, 6.07) is 7.18. The lowest BCUT2D eigenvalue weighted by atomic mass is 10.1. The largest absolute Gasteiger partial charge is 0.380 e. The number of pyridine rings is 1. The van der Waals surface area contributed by atoms with E-state index < -0.39 is 0 Å². The summed E-state index contributed by atoms with van der Waals surface area (Å²) in [5.74, 6) is -0.173. The first-order chi connectivity index (χ1) is 10.0. The number of aryl methyl sites for hydroxylation is 3. The number of anilines is 1. The SMILES string of the molecule is Cc1cc(CNc2cnc3c(c2)c(C)nn3C)ccc1F. The quantitative estimate of drug-likeness (QED) is 0.802. The summed E-state index contributed by atoms with van der Waals surface area (Å²) in [4.78, 5) is 4.42. The molecule has 0 atom stereocenters. The monoisotopic (exact) mass is 284 g/mol. The molecule has 0 fully saturated rings. The number of fused-ring (bicyclic) bond motifs is 1. The number of aromatic nitrogens is 3. The van der Waals surface area contributed by atoms with Gasteiger partial charge in [-0.05, 0) is 37.1 Å². The Morgan fingerprint density at radius 2 is 2.05 bits per heavy atom. The molecule has 3 aromatic rings. The van der Waals surface area contributed by atoms with E-state index in [9.17, 15) is 4.39 Å². The van der Waals surface area contributed by atoms with Crippen molar-refractivity contribution in [1.29, 1.82) is 0 Å². The van der Waals surface area contributed by atoms with Gasteiger partial charge < -0.3 is 5.32 Å². The van der Waals surface area contributed by atoms with Crippen LogP contribution in [0.3, 0.4) is 0 Å². The molecule has 5 heteroatoms. The maximum absolute atomic E-state index is 13.2. The van der Waals surface area contributed by atoms with Crippen molar-refractivity contribution in [2.45, 2.75) is 20.4 Å². The fraction of sp³-hybridized carbons (Fsp3) is 0.250. The van der Waals surface area contributed by atoms with E-state index >= 15 is 0 Å². The van der Waals surface area contributed by atoms with E-state index in [1.165, 1.54) is 6.07 Å². The van der Waals surface area contributed by atoms with Gasteiger partial charge in [0.05, 0.1) is 17.6 Å². The molecule has 1 aromatic carbocycles. The summed E-state index contributed by atoms with van der Waals surface area (Å²) in [6.45, 7) is 4.37. The summed E-state index contributed by atoms with van der Waals surface area (Å²) in [5.41, 5.74) is 4.46. The minimum absolute atomic E-state index is 0.173. The Morgan fingerprint density at radius 3 is 2.81 bits per heavy atom. The van der Waals surface area contributed by atoms with Gasteiger partial charge in [-0.1, -0.05) is 12.1 Å². The summed E-state index contributed by atoms with van der Waals surface area (Å²) >= 11 is 0. The van der Waals surface area contributed by atoms with Crippen molar-refractivity contribution < 1.29 is 4.39 Å². The molecular formula is C16H17FN4. The van der Waals surface area contributed by atoms with Crippen molar-refractivity contribution in [3.63, 3.8) is 0 Å². The zero-order valence-electron chi connectivity index (χ0n) is 12.3. The van der Waals surface area contributed by atoms with E-state index in [4.69, 9.17) is 0 Å². The average Bonchev–Trinajstić information content (AvgIpc) is 2.75. The fourth-order valence-corrected chi connectivity index (χ4v) is 2.43. The number of rotatable bonds is 3. The standard InChI is InChI=1S/C16H17FN4/c1-10-6-12(4-5-15(10)17)8-18-13-7-14-11(2)20-21(3)16(14)19-9-13/h4-7,9,18H,8H2,1-3H3. The number of nitrogens with zero attached hydrogens (tertiary/aromatic N) is 3. The molecule has 0 spiro atoms. The van der Waals surface area contributed by atoms with E-state index in [2.05, 4.69) is 15.4 Å². The zero-order valence-corrected chi connectivity index (χ0v) is 12.3. The molecule has 1 N–H and O–H groups in total. The first kappa shape index (κ1) is 13.5. The van der Waals surface area contributed by atoms with Gasteiger partial charge in [0.2, 0.25) is 0 Å². The van der Waals surface area contributed by atoms with Crippen LogP contribution < -0.4 is 5.32 Å². The van der Waals surface area contributed by atoms with Crippen molar-refractivity contribution in [2.75, 3.05) is 5.32 Å². The van der Waals surface area contributed by atoms with Gasteiger partial charge in [0.15, 0.2) is 5.65 Å². The van der Waals surface area contributed by atoms with Crippen LogP contribution in [0.2, 0.25) is 0 Å². The molecular weight excluding hydrogens is 267 g/mol. The minimum atomic E-state index is -0.173. The number of benzene rings is 1. The van der Waals surface area contributed by atoms with Gasteiger partial charge in [0, 0.05) is 19.0 Å². The number of hydrogen-bond donors (Lipinski definition) is 1. The van der Waals surface area contributed by atoms with Gasteiger partial charge in [-0.25, -0.2) is 9.37 Å². The Hall–Kier alpha value is -2.43. The fourth-order valence-electron chi connectivity index (χ4n) is 2.43. The third kappa shape index (κ3) is 2.59. The topological polar surface area (TPSA) is 42.7 Å². The molecule has 0 saturated heterocycles. The summed E-state index contributed by atoms with van der Waals surface area (Å²) in [5, 5.41) is 8.71. The predicted octanol–water partition coefficient (Wildman–Crippen LogP) is 3.34. The molecule has 3 rings (SSSR count). The lowest BCUT2D eigenvalue weighted by Crippen LogP contribution is -2.01. The Bertz CT molecular complexity index is 807. The molecule has 108 valence electrons. The Morgan fingerprint density at radius 1 is 1.24 bits per heavy atom. The van der Waals surface area contributed by atoms with Crippen LogP contribution in [0.15, 0.2) is 30.5 Å². The van der Waals surface area contributed by atoms with E-state index in [0.717, 1.165) is 28.0 Å². The van der Waals surface area contributed by atoms with Crippen LogP contribution in [-0.4, -0.2) is 14.8 Å². The molecule has 0 unspecified atom stereocenters. The summed E-state index contributed by atoms with van der Waals surface area (Å²) < 4.78 is 15.0. The van der Waals surface area contributed by atoms with Crippen molar-refractivity contribution in [1.82, 2.24) is 14.8 Å². The Labute approximate surface area is 122 Å². The smallest absolute Gasteiger partial charge is 0.157 e. The van der Waals surface area contributed by atoms with Crippen molar-refractivity contribution >= 4 is 16.7 Å². The van der Waals surface area contributed by atoms with Gasteiger partial charge in [-0.3, -0.25) is 4.68 Å². The highest BCUT2D eigenvalue weighted by atomic mass is 19.1. The van der Waals surface area contributed by atoms with Gasteiger partial charge >= 0.3 is 0 Å². The minimum Gasteiger partial charge on any atom is -0.380 e. The number of halogens is 1. The van der Waals surface area contributed by atoms with Crippen LogP contribution in [-0.2, 0) is 13.6 Å². The first-order valence-corrected chi connectivity index (χ1v) is 6.83. The van der Waals surface area contributed by atoms with Gasteiger partial charge in [-0.2, -0.15) is 5.10 Å². The van der Waals surface area contributed by atoms with E-state index in [-0.39, 0.29) is 5.82 Å². The second-order valence-electron chi connectivity index (χ2n) is 5.24. The Balaban J connectivity index is 1.81.